The number of carbonyl (C=O) groups is 1. The van der Waals surface area contributed by atoms with E-state index in [4.69, 9.17) is 16.3 Å². The van der Waals surface area contributed by atoms with E-state index in [1.165, 1.54) is 12.1 Å². The summed E-state index contributed by atoms with van der Waals surface area (Å²) in [5.41, 5.74) is 2.35. The predicted octanol–water partition coefficient (Wildman–Crippen LogP) is 4.96. The minimum Gasteiger partial charge on any atom is -0.481 e. The van der Waals surface area contributed by atoms with Gasteiger partial charge in [0.05, 0.1) is 16.7 Å². The van der Waals surface area contributed by atoms with Crippen molar-refractivity contribution in [1.82, 2.24) is 0 Å². The van der Waals surface area contributed by atoms with E-state index in [1.54, 1.807) is 30.3 Å². The number of anilines is 1. The molecule has 0 amide bonds. The Morgan fingerprint density at radius 3 is 2.45 bits per heavy atom. The molecule has 4 rings (SSSR count). The van der Waals surface area contributed by atoms with Crippen molar-refractivity contribution in [3.63, 3.8) is 0 Å². The SMILES string of the molecule is O=CC1C(c2ccc(Cl)cc2)Oc2cc([N+](=O)[O-])ccc2N1Cc1ccccc1. The molecule has 0 spiro atoms. The number of nitro benzene ring substituents is 1. The van der Waals surface area contributed by atoms with E-state index in [9.17, 15) is 14.9 Å². The van der Waals surface area contributed by atoms with Crippen LogP contribution in [-0.2, 0) is 11.3 Å². The van der Waals surface area contributed by atoms with Gasteiger partial charge in [-0.05, 0) is 29.3 Å². The largest absolute Gasteiger partial charge is 0.481 e. The van der Waals surface area contributed by atoms with Crippen LogP contribution in [0.2, 0.25) is 5.02 Å². The molecule has 146 valence electrons. The minimum atomic E-state index is -0.622. The topological polar surface area (TPSA) is 72.7 Å². The van der Waals surface area contributed by atoms with Crippen molar-refractivity contribution < 1.29 is 14.5 Å². The number of aldehydes is 1. The van der Waals surface area contributed by atoms with Crippen molar-refractivity contribution in [2.75, 3.05) is 4.90 Å². The maximum absolute atomic E-state index is 12.1. The number of nitrogens with zero attached hydrogens (tertiary/aromatic N) is 2. The van der Waals surface area contributed by atoms with Gasteiger partial charge < -0.3 is 14.4 Å². The molecule has 0 saturated heterocycles. The molecule has 1 aliphatic heterocycles. The van der Waals surface area contributed by atoms with Crippen LogP contribution in [0.5, 0.6) is 5.75 Å². The Morgan fingerprint density at radius 2 is 1.79 bits per heavy atom. The first-order chi connectivity index (χ1) is 14.1. The number of hydrogen-bond donors (Lipinski definition) is 0. The zero-order valence-corrected chi connectivity index (χ0v) is 16.0. The van der Waals surface area contributed by atoms with E-state index in [-0.39, 0.29) is 5.69 Å². The number of hydrogen-bond acceptors (Lipinski definition) is 5. The Kier molecular flexibility index (Phi) is 5.18. The monoisotopic (exact) mass is 408 g/mol. The van der Waals surface area contributed by atoms with Gasteiger partial charge in [-0.3, -0.25) is 10.1 Å². The molecule has 0 radical (unpaired) electrons. The van der Waals surface area contributed by atoms with E-state index >= 15 is 0 Å². The number of benzene rings is 3. The molecule has 0 fully saturated rings. The molecule has 1 heterocycles. The van der Waals surface area contributed by atoms with E-state index in [2.05, 4.69) is 0 Å². The Morgan fingerprint density at radius 1 is 1.07 bits per heavy atom. The average molecular weight is 409 g/mol. The Hall–Kier alpha value is -3.38. The molecule has 3 aromatic carbocycles. The third-order valence-corrected chi connectivity index (χ3v) is 5.17. The van der Waals surface area contributed by atoms with Crippen LogP contribution in [0, 0.1) is 10.1 Å². The number of non-ortho nitro benzene ring substituents is 1. The molecule has 0 N–H and O–H groups in total. The van der Waals surface area contributed by atoms with Crippen LogP contribution in [0.15, 0.2) is 72.8 Å². The standard InChI is InChI=1S/C22H17ClN2O4/c23-17-8-6-16(7-9-17)22-20(14-26)24(13-15-4-2-1-3-5-15)19-11-10-18(25(27)28)12-21(19)29-22/h1-12,14,20,22H,13H2. The quantitative estimate of drug-likeness (QED) is 0.339. The van der Waals surface area contributed by atoms with Crippen molar-refractivity contribution in [1.29, 1.82) is 0 Å². The van der Waals surface area contributed by atoms with Gasteiger partial charge in [0.25, 0.3) is 5.69 Å². The number of ether oxygens (including phenoxy) is 1. The van der Waals surface area contributed by atoms with E-state index in [0.29, 0.717) is 23.0 Å². The second kappa shape index (κ2) is 7.93. The van der Waals surface area contributed by atoms with Crippen LogP contribution < -0.4 is 9.64 Å². The summed E-state index contributed by atoms with van der Waals surface area (Å²) in [6, 6.07) is 20.6. The molecular formula is C22H17ClN2O4. The van der Waals surface area contributed by atoms with Crippen LogP contribution in [-0.4, -0.2) is 17.3 Å². The molecular weight excluding hydrogens is 392 g/mol. The predicted molar refractivity (Wildman–Crippen MR) is 110 cm³/mol. The van der Waals surface area contributed by atoms with E-state index < -0.39 is 17.1 Å². The lowest BCUT2D eigenvalue weighted by atomic mass is 9.97. The summed E-state index contributed by atoms with van der Waals surface area (Å²) < 4.78 is 6.10. The number of carbonyl (C=O) groups excluding carboxylic acids is 1. The highest BCUT2D eigenvalue weighted by molar-refractivity contribution is 6.30. The smallest absolute Gasteiger partial charge is 0.273 e. The van der Waals surface area contributed by atoms with Crippen LogP contribution >= 0.6 is 11.6 Å². The van der Waals surface area contributed by atoms with Crippen molar-refractivity contribution in [3.8, 4) is 5.75 Å². The van der Waals surface area contributed by atoms with Crippen molar-refractivity contribution in [3.05, 3.63) is 99.1 Å². The molecule has 29 heavy (non-hydrogen) atoms. The Bertz CT molecular complexity index is 1040. The van der Waals surface area contributed by atoms with Crippen LogP contribution in [0.3, 0.4) is 0 Å². The van der Waals surface area contributed by atoms with E-state index in [1.807, 2.05) is 35.2 Å². The van der Waals surface area contributed by atoms with Gasteiger partial charge in [0, 0.05) is 17.6 Å². The fraction of sp³-hybridized carbons (Fsp3) is 0.136. The van der Waals surface area contributed by atoms with Gasteiger partial charge in [-0.15, -0.1) is 0 Å². The molecule has 0 aromatic heterocycles. The molecule has 3 aromatic rings. The number of rotatable bonds is 5. The number of halogens is 1. The molecule has 0 saturated carbocycles. The average Bonchev–Trinajstić information content (AvgIpc) is 2.74. The van der Waals surface area contributed by atoms with Crippen molar-refractivity contribution >= 4 is 29.3 Å². The summed E-state index contributed by atoms with van der Waals surface area (Å²) in [6.07, 6.45) is 0.231. The lowest BCUT2D eigenvalue weighted by molar-refractivity contribution is -0.384. The maximum Gasteiger partial charge on any atom is 0.273 e. The first kappa shape index (κ1) is 19.0. The zero-order chi connectivity index (χ0) is 20.4. The molecule has 6 nitrogen and oxygen atoms in total. The minimum absolute atomic E-state index is 0.0668. The third-order valence-electron chi connectivity index (χ3n) is 4.92. The second-order valence-corrected chi connectivity index (χ2v) is 7.18. The highest BCUT2D eigenvalue weighted by Crippen LogP contribution is 2.43. The fourth-order valence-electron chi connectivity index (χ4n) is 3.51. The molecule has 1 aliphatic rings. The second-order valence-electron chi connectivity index (χ2n) is 6.74. The molecule has 7 heteroatoms. The first-order valence-corrected chi connectivity index (χ1v) is 9.41. The summed E-state index contributed by atoms with van der Waals surface area (Å²) in [4.78, 5) is 24.8. The van der Waals surface area contributed by atoms with Crippen LogP contribution in [0.4, 0.5) is 11.4 Å². The maximum atomic E-state index is 12.1. The first-order valence-electron chi connectivity index (χ1n) is 9.03. The van der Waals surface area contributed by atoms with Crippen molar-refractivity contribution in [2.45, 2.75) is 18.7 Å². The highest BCUT2D eigenvalue weighted by atomic mass is 35.5. The van der Waals surface area contributed by atoms with Gasteiger partial charge >= 0.3 is 0 Å². The van der Waals surface area contributed by atoms with Gasteiger partial charge in [0.1, 0.15) is 12.3 Å². The van der Waals surface area contributed by atoms with Gasteiger partial charge in [-0.2, -0.15) is 0 Å². The summed E-state index contributed by atoms with van der Waals surface area (Å²) in [7, 11) is 0. The molecule has 0 bridgehead atoms. The molecule has 2 atom stereocenters. The molecule has 0 aliphatic carbocycles. The summed E-state index contributed by atoms with van der Waals surface area (Å²) >= 11 is 6.00. The normalized spacial score (nSPS) is 17.9. The zero-order valence-electron chi connectivity index (χ0n) is 15.3. The lowest BCUT2D eigenvalue weighted by Gasteiger charge is -2.41. The number of nitro groups is 1. The summed E-state index contributed by atoms with van der Waals surface area (Å²) in [5, 5.41) is 11.8. The lowest BCUT2D eigenvalue weighted by Crippen LogP contribution is -2.45. The summed E-state index contributed by atoms with van der Waals surface area (Å²) in [6.45, 7) is 0.461. The van der Waals surface area contributed by atoms with E-state index in [0.717, 1.165) is 17.4 Å². The van der Waals surface area contributed by atoms with Gasteiger partial charge in [-0.1, -0.05) is 54.1 Å². The van der Waals surface area contributed by atoms with Gasteiger partial charge in [0.15, 0.2) is 11.9 Å². The van der Waals surface area contributed by atoms with Gasteiger partial charge in [0.2, 0.25) is 0 Å². The van der Waals surface area contributed by atoms with Crippen LogP contribution in [0.1, 0.15) is 17.2 Å². The Balaban J connectivity index is 1.81. The Labute approximate surface area is 172 Å². The fourth-order valence-corrected chi connectivity index (χ4v) is 3.64. The third kappa shape index (κ3) is 3.79. The van der Waals surface area contributed by atoms with Gasteiger partial charge in [-0.25, -0.2) is 0 Å². The highest BCUT2D eigenvalue weighted by Gasteiger charge is 2.37. The van der Waals surface area contributed by atoms with Crippen LogP contribution in [0.25, 0.3) is 0 Å². The summed E-state index contributed by atoms with van der Waals surface area (Å²) in [5.74, 6) is 0.369. The number of fused-ring (bicyclic) bond motifs is 1. The molecule has 2 unspecified atom stereocenters. The van der Waals surface area contributed by atoms with Crippen molar-refractivity contribution in [2.24, 2.45) is 0 Å².